The normalized spacial score (nSPS) is 25.2. The molecule has 1 N–H and O–H groups in total. The molecule has 5 nitrogen and oxygen atoms in total. The van der Waals surface area contributed by atoms with Gasteiger partial charge in [-0.25, -0.2) is 0 Å². The van der Waals surface area contributed by atoms with Crippen LogP contribution in [0.4, 0.5) is 13.2 Å². The van der Waals surface area contributed by atoms with Crippen LogP contribution in [0.3, 0.4) is 0 Å². The Morgan fingerprint density at radius 2 is 2.22 bits per heavy atom. The van der Waals surface area contributed by atoms with E-state index >= 15 is 0 Å². The summed E-state index contributed by atoms with van der Waals surface area (Å²) in [5, 5.41) is 6.87. The Labute approximate surface area is 158 Å². The third kappa shape index (κ3) is 3.16. The molecule has 146 valence electrons. The first kappa shape index (κ1) is 18.5. The van der Waals surface area contributed by atoms with Gasteiger partial charge in [-0.1, -0.05) is 5.16 Å². The van der Waals surface area contributed by atoms with Crippen LogP contribution in [0.25, 0.3) is 10.6 Å². The summed E-state index contributed by atoms with van der Waals surface area (Å²) in [6, 6.07) is 3.76. The number of aromatic nitrogens is 1. The number of alkyl halides is 3. The van der Waals surface area contributed by atoms with Crippen LogP contribution < -0.4 is 5.32 Å². The molecule has 1 amide bonds. The molecule has 2 aliphatic rings. The molecule has 0 bridgehead atoms. The number of nitrogens with one attached hydrogen (secondary N) is 1. The molecule has 2 fully saturated rings. The summed E-state index contributed by atoms with van der Waals surface area (Å²) in [6.07, 6.45) is -1.40. The molecule has 1 unspecified atom stereocenters. The lowest BCUT2D eigenvalue weighted by atomic mass is 9.94. The van der Waals surface area contributed by atoms with Crippen molar-refractivity contribution in [1.29, 1.82) is 0 Å². The molecule has 1 aliphatic heterocycles. The zero-order valence-electron chi connectivity index (χ0n) is 15.0. The Hall–Kier alpha value is -1.87. The number of nitrogens with zero attached hydrogens (tertiary/aromatic N) is 2. The number of halogens is 3. The smallest absolute Gasteiger partial charge is 0.351 e. The third-order valence-corrected chi connectivity index (χ3v) is 6.75. The first-order chi connectivity index (χ1) is 12.7. The van der Waals surface area contributed by atoms with E-state index in [2.05, 4.69) is 15.0 Å². The SMILES string of the molecule is CNC1C[C@]12CCCN(C(=O)c1ccc(-c3noc(C(F)(F)F)c3C)s1)C2. The predicted octanol–water partition coefficient (Wildman–Crippen LogP) is 3.94. The lowest BCUT2D eigenvalue weighted by Gasteiger charge is -2.33. The topological polar surface area (TPSA) is 58.4 Å². The van der Waals surface area contributed by atoms with E-state index in [1.54, 1.807) is 12.1 Å². The van der Waals surface area contributed by atoms with Gasteiger partial charge in [0.15, 0.2) is 0 Å². The zero-order valence-corrected chi connectivity index (χ0v) is 15.8. The fourth-order valence-corrected chi connectivity index (χ4v) is 5.12. The van der Waals surface area contributed by atoms with E-state index < -0.39 is 11.9 Å². The summed E-state index contributed by atoms with van der Waals surface area (Å²) in [6.45, 7) is 2.77. The first-order valence-electron chi connectivity index (χ1n) is 8.85. The maximum Gasteiger partial charge on any atom is 0.452 e. The number of carbonyl (C=O) groups excluding carboxylic acids is 1. The van der Waals surface area contributed by atoms with Crippen LogP contribution in [0, 0.1) is 12.3 Å². The van der Waals surface area contributed by atoms with E-state index in [9.17, 15) is 18.0 Å². The minimum Gasteiger partial charge on any atom is -0.351 e. The van der Waals surface area contributed by atoms with Gasteiger partial charge in [0, 0.05) is 30.1 Å². The molecule has 3 heterocycles. The van der Waals surface area contributed by atoms with E-state index in [4.69, 9.17) is 0 Å². The van der Waals surface area contributed by atoms with Gasteiger partial charge in [0.2, 0.25) is 5.76 Å². The van der Waals surface area contributed by atoms with Crippen LogP contribution in [0.5, 0.6) is 0 Å². The Balaban J connectivity index is 1.53. The largest absolute Gasteiger partial charge is 0.452 e. The molecule has 1 aliphatic carbocycles. The van der Waals surface area contributed by atoms with Crippen molar-refractivity contribution in [2.24, 2.45) is 5.41 Å². The maximum atomic E-state index is 12.9. The molecule has 1 spiro atoms. The number of likely N-dealkylation sites (tertiary alicyclic amines) is 1. The van der Waals surface area contributed by atoms with Crippen LogP contribution in [-0.2, 0) is 6.18 Å². The van der Waals surface area contributed by atoms with E-state index in [1.807, 2.05) is 11.9 Å². The van der Waals surface area contributed by atoms with Crippen LogP contribution in [-0.4, -0.2) is 42.1 Å². The van der Waals surface area contributed by atoms with Crippen LogP contribution in [0.15, 0.2) is 16.7 Å². The zero-order chi connectivity index (χ0) is 19.4. The van der Waals surface area contributed by atoms with E-state index in [0.717, 1.165) is 37.1 Å². The molecule has 2 atom stereocenters. The molecule has 1 saturated carbocycles. The minimum absolute atomic E-state index is 0.0601. The van der Waals surface area contributed by atoms with Gasteiger partial charge in [-0.3, -0.25) is 4.79 Å². The second-order valence-electron chi connectivity index (χ2n) is 7.38. The fraction of sp³-hybridized carbons (Fsp3) is 0.556. The van der Waals surface area contributed by atoms with Crippen molar-refractivity contribution in [2.45, 2.75) is 38.4 Å². The lowest BCUT2D eigenvalue weighted by Crippen LogP contribution is -2.42. The molecule has 1 saturated heterocycles. The summed E-state index contributed by atoms with van der Waals surface area (Å²) in [5.74, 6) is -1.16. The van der Waals surface area contributed by atoms with Crippen molar-refractivity contribution >= 4 is 17.2 Å². The summed E-state index contributed by atoms with van der Waals surface area (Å²) in [7, 11) is 1.95. The fourth-order valence-electron chi connectivity index (χ4n) is 4.11. The van der Waals surface area contributed by atoms with Gasteiger partial charge in [0.25, 0.3) is 5.91 Å². The van der Waals surface area contributed by atoms with Crippen molar-refractivity contribution in [3.8, 4) is 10.6 Å². The summed E-state index contributed by atoms with van der Waals surface area (Å²) < 4.78 is 43.2. The van der Waals surface area contributed by atoms with E-state index in [-0.39, 0.29) is 22.6 Å². The highest BCUT2D eigenvalue weighted by molar-refractivity contribution is 7.17. The Bertz CT molecular complexity index is 876. The standard InChI is InChI=1S/C18H20F3N3O2S/c1-10-14(23-26-15(10)18(19,20)21)11-4-5-12(27-11)16(25)24-7-3-6-17(9-24)8-13(17)22-2/h4-5,13,22H,3,6-9H2,1-2H3/t13?,17-/m0/s1. The summed E-state index contributed by atoms with van der Waals surface area (Å²) in [4.78, 5) is 15.8. The van der Waals surface area contributed by atoms with Crippen LogP contribution >= 0.6 is 11.3 Å². The molecular weight excluding hydrogens is 379 g/mol. The monoisotopic (exact) mass is 399 g/mol. The number of thiophene rings is 1. The van der Waals surface area contributed by atoms with Crippen molar-refractivity contribution < 1.29 is 22.5 Å². The molecule has 4 rings (SSSR count). The van der Waals surface area contributed by atoms with Gasteiger partial charge >= 0.3 is 6.18 Å². The van der Waals surface area contributed by atoms with Gasteiger partial charge in [0.1, 0.15) is 5.69 Å². The molecule has 2 aromatic rings. The lowest BCUT2D eigenvalue weighted by molar-refractivity contribution is -0.156. The maximum absolute atomic E-state index is 12.9. The predicted molar refractivity (Wildman–Crippen MR) is 94.6 cm³/mol. The average Bonchev–Trinajstić information content (AvgIpc) is 2.98. The van der Waals surface area contributed by atoms with Crippen LogP contribution in [0.1, 0.15) is 40.3 Å². The summed E-state index contributed by atoms with van der Waals surface area (Å²) >= 11 is 1.16. The number of rotatable bonds is 3. The second kappa shape index (κ2) is 6.34. The van der Waals surface area contributed by atoms with Crippen molar-refractivity contribution in [2.75, 3.05) is 20.1 Å². The van der Waals surface area contributed by atoms with Gasteiger partial charge in [-0.2, -0.15) is 13.2 Å². The van der Waals surface area contributed by atoms with Gasteiger partial charge in [0.05, 0.1) is 9.75 Å². The Kier molecular flexibility index (Phi) is 4.34. The number of hydrogen-bond donors (Lipinski definition) is 1. The average molecular weight is 399 g/mol. The second-order valence-corrected chi connectivity index (χ2v) is 8.47. The summed E-state index contributed by atoms with van der Waals surface area (Å²) in [5.41, 5.74) is 0.265. The van der Waals surface area contributed by atoms with E-state index in [1.165, 1.54) is 6.92 Å². The van der Waals surface area contributed by atoms with E-state index in [0.29, 0.717) is 22.3 Å². The number of amides is 1. The molecule has 2 aromatic heterocycles. The molecule has 27 heavy (non-hydrogen) atoms. The highest BCUT2D eigenvalue weighted by Gasteiger charge is 2.55. The van der Waals surface area contributed by atoms with Crippen molar-refractivity contribution in [1.82, 2.24) is 15.4 Å². The van der Waals surface area contributed by atoms with Gasteiger partial charge in [-0.05, 0) is 45.4 Å². The quantitative estimate of drug-likeness (QED) is 0.849. The number of hydrogen-bond acceptors (Lipinski definition) is 5. The molecular formula is C18H20F3N3O2S. The Morgan fingerprint density at radius 1 is 1.44 bits per heavy atom. The van der Waals surface area contributed by atoms with Crippen molar-refractivity contribution in [3.63, 3.8) is 0 Å². The Morgan fingerprint density at radius 3 is 2.85 bits per heavy atom. The minimum atomic E-state index is -4.58. The molecule has 0 aromatic carbocycles. The van der Waals surface area contributed by atoms with Gasteiger partial charge < -0.3 is 14.7 Å². The highest BCUT2D eigenvalue weighted by atomic mass is 32.1. The van der Waals surface area contributed by atoms with Gasteiger partial charge in [-0.15, -0.1) is 11.3 Å². The highest BCUT2D eigenvalue weighted by Crippen LogP contribution is 2.52. The van der Waals surface area contributed by atoms with Crippen LogP contribution in [0.2, 0.25) is 0 Å². The number of piperidine rings is 1. The molecule has 9 heteroatoms. The third-order valence-electron chi connectivity index (χ3n) is 5.67. The van der Waals surface area contributed by atoms with Crippen molar-refractivity contribution in [3.05, 3.63) is 28.3 Å². The molecule has 0 radical (unpaired) electrons. The number of carbonyl (C=O) groups is 1. The first-order valence-corrected chi connectivity index (χ1v) is 9.67.